The fraction of sp³-hybridized carbons (Fsp3) is 0.579. The Morgan fingerprint density at radius 3 is 2.68 bits per heavy atom. The minimum absolute atomic E-state index is 0.644. The molecule has 1 aromatic carbocycles. The van der Waals surface area contributed by atoms with Gasteiger partial charge in [-0.05, 0) is 37.0 Å². The molecule has 3 heterocycles. The molecule has 25 heavy (non-hydrogen) atoms. The lowest BCUT2D eigenvalue weighted by molar-refractivity contribution is 0.0517. The third-order valence-electron chi connectivity index (χ3n) is 5.37. The molecule has 0 saturated carbocycles. The molecule has 0 spiro atoms. The van der Waals surface area contributed by atoms with Crippen molar-refractivity contribution in [1.82, 2.24) is 14.9 Å². The van der Waals surface area contributed by atoms with E-state index in [1.54, 1.807) is 13.4 Å². The number of hydrogen-bond donors (Lipinski definition) is 0. The van der Waals surface area contributed by atoms with Crippen molar-refractivity contribution in [3.63, 3.8) is 0 Å². The minimum atomic E-state index is 0.644. The minimum Gasteiger partial charge on any atom is -0.480 e. The molecule has 0 aliphatic carbocycles. The predicted molar refractivity (Wildman–Crippen MR) is 98.3 cm³/mol. The molecule has 0 unspecified atom stereocenters. The van der Waals surface area contributed by atoms with E-state index in [0.29, 0.717) is 5.88 Å². The molecule has 2 aliphatic rings. The van der Waals surface area contributed by atoms with Crippen LogP contribution in [-0.4, -0.2) is 67.9 Å². The topological polar surface area (TPSA) is 50.7 Å². The van der Waals surface area contributed by atoms with Crippen LogP contribution in [0.4, 0.5) is 5.69 Å². The fourth-order valence-corrected chi connectivity index (χ4v) is 3.86. The van der Waals surface area contributed by atoms with Gasteiger partial charge in [0.25, 0.3) is 0 Å². The van der Waals surface area contributed by atoms with Gasteiger partial charge < -0.3 is 14.4 Å². The van der Waals surface area contributed by atoms with E-state index < -0.39 is 0 Å². The van der Waals surface area contributed by atoms with Crippen LogP contribution in [0.5, 0.6) is 5.88 Å². The van der Waals surface area contributed by atoms with Crippen molar-refractivity contribution in [1.29, 1.82) is 0 Å². The van der Waals surface area contributed by atoms with E-state index in [1.807, 2.05) is 0 Å². The van der Waals surface area contributed by atoms with Crippen LogP contribution < -0.4 is 9.64 Å². The van der Waals surface area contributed by atoms with E-state index in [0.717, 1.165) is 56.2 Å². The summed E-state index contributed by atoms with van der Waals surface area (Å²) in [4.78, 5) is 13.6. The first-order valence-corrected chi connectivity index (χ1v) is 9.17. The highest BCUT2D eigenvalue weighted by Crippen LogP contribution is 2.27. The van der Waals surface area contributed by atoms with Crippen molar-refractivity contribution in [3.8, 4) is 5.88 Å². The summed E-state index contributed by atoms with van der Waals surface area (Å²) in [5.41, 5.74) is 2.15. The Morgan fingerprint density at radius 1 is 1.12 bits per heavy atom. The highest BCUT2D eigenvalue weighted by atomic mass is 16.5. The largest absolute Gasteiger partial charge is 0.480 e. The zero-order chi connectivity index (χ0) is 17.1. The van der Waals surface area contributed by atoms with Gasteiger partial charge in [-0.25, -0.2) is 9.97 Å². The quantitative estimate of drug-likeness (QED) is 0.849. The number of methoxy groups -OCH3 is 1. The second kappa shape index (κ2) is 7.54. The predicted octanol–water partition coefficient (Wildman–Crippen LogP) is 2.19. The van der Waals surface area contributed by atoms with Crippen molar-refractivity contribution in [2.24, 2.45) is 5.92 Å². The molecule has 0 bridgehead atoms. The lowest BCUT2D eigenvalue weighted by Crippen LogP contribution is -2.48. The van der Waals surface area contributed by atoms with Crippen LogP contribution in [0.15, 0.2) is 24.5 Å². The van der Waals surface area contributed by atoms with Crippen LogP contribution in [0.3, 0.4) is 0 Å². The summed E-state index contributed by atoms with van der Waals surface area (Å²) in [6.07, 6.45) is 3.98. The number of hydrogen-bond acceptors (Lipinski definition) is 6. The molecule has 134 valence electrons. The first-order chi connectivity index (χ1) is 12.3. The molecule has 6 nitrogen and oxygen atoms in total. The van der Waals surface area contributed by atoms with Crippen LogP contribution >= 0.6 is 0 Å². The number of fused-ring (bicyclic) bond motifs is 1. The van der Waals surface area contributed by atoms with Gasteiger partial charge in [0.15, 0.2) is 0 Å². The maximum absolute atomic E-state index is 5.47. The van der Waals surface area contributed by atoms with Crippen LogP contribution in [0.1, 0.15) is 12.8 Å². The Labute approximate surface area is 148 Å². The van der Waals surface area contributed by atoms with E-state index in [4.69, 9.17) is 9.47 Å². The van der Waals surface area contributed by atoms with Gasteiger partial charge >= 0.3 is 0 Å². The highest BCUT2D eigenvalue weighted by Gasteiger charge is 2.22. The van der Waals surface area contributed by atoms with Crippen LogP contribution in [-0.2, 0) is 4.74 Å². The van der Waals surface area contributed by atoms with Gasteiger partial charge in [0.1, 0.15) is 6.33 Å². The van der Waals surface area contributed by atoms with Crippen molar-refractivity contribution in [2.75, 3.05) is 57.9 Å². The average molecular weight is 342 g/mol. The molecule has 2 saturated heterocycles. The zero-order valence-corrected chi connectivity index (χ0v) is 14.9. The normalized spacial score (nSPS) is 20.1. The summed E-state index contributed by atoms with van der Waals surface area (Å²) >= 11 is 0. The smallest absolute Gasteiger partial charge is 0.224 e. The number of rotatable bonds is 4. The van der Waals surface area contributed by atoms with Gasteiger partial charge in [-0.3, -0.25) is 4.90 Å². The standard InChI is InChI=1S/C19H26N4O2/c1-24-19-17-12-16(2-3-18(17)20-14-21-19)23-8-6-22(7-9-23)13-15-4-10-25-11-5-15/h2-3,12,14-15H,4-11,13H2,1H3. The Morgan fingerprint density at radius 2 is 1.92 bits per heavy atom. The third kappa shape index (κ3) is 3.70. The van der Waals surface area contributed by atoms with Crippen molar-refractivity contribution in [2.45, 2.75) is 12.8 Å². The average Bonchev–Trinajstić information content (AvgIpc) is 2.68. The molecule has 0 atom stereocenters. The van der Waals surface area contributed by atoms with Crippen LogP contribution in [0, 0.1) is 5.92 Å². The fourth-order valence-electron chi connectivity index (χ4n) is 3.86. The summed E-state index contributed by atoms with van der Waals surface area (Å²) in [7, 11) is 1.66. The van der Waals surface area contributed by atoms with E-state index in [-0.39, 0.29) is 0 Å². The van der Waals surface area contributed by atoms with Gasteiger partial charge in [-0.1, -0.05) is 0 Å². The Hall–Kier alpha value is -1.92. The zero-order valence-electron chi connectivity index (χ0n) is 14.9. The number of ether oxygens (including phenoxy) is 2. The molecule has 2 aromatic rings. The van der Waals surface area contributed by atoms with Gasteiger partial charge in [0.2, 0.25) is 5.88 Å². The number of anilines is 1. The molecule has 0 radical (unpaired) electrons. The molecule has 4 rings (SSSR count). The second-order valence-corrected chi connectivity index (χ2v) is 6.93. The maximum atomic E-state index is 5.47. The van der Waals surface area contributed by atoms with E-state index in [9.17, 15) is 0 Å². The van der Waals surface area contributed by atoms with E-state index >= 15 is 0 Å². The van der Waals surface area contributed by atoms with Crippen molar-refractivity contribution >= 4 is 16.6 Å². The summed E-state index contributed by atoms with van der Waals surface area (Å²) in [6.45, 7) is 7.46. The number of benzene rings is 1. The second-order valence-electron chi connectivity index (χ2n) is 6.93. The van der Waals surface area contributed by atoms with Crippen LogP contribution in [0.25, 0.3) is 10.9 Å². The number of aromatic nitrogens is 2. The maximum Gasteiger partial charge on any atom is 0.224 e. The molecular formula is C19H26N4O2. The van der Waals surface area contributed by atoms with Gasteiger partial charge in [-0.2, -0.15) is 0 Å². The van der Waals surface area contributed by atoms with Gasteiger partial charge in [0.05, 0.1) is 18.0 Å². The monoisotopic (exact) mass is 342 g/mol. The Kier molecular flexibility index (Phi) is 4.99. The van der Waals surface area contributed by atoms with E-state index in [2.05, 4.69) is 38.0 Å². The lowest BCUT2D eigenvalue weighted by atomic mass is 9.99. The lowest BCUT2D eigenvalue weighted by Gasteiger charge is -2.38. The molecule has 0 amide bonds. The summed E-state index contributed by atoms with van der Waals surface area (Å²) < 4.78 is 10.9. The number of nitrogens with zero attached hydrogens (tertiary/aromatic N) is 4. The summed E-state index contributed by atoms with van der Waals surface area (Å²) in [6, 6.07) is 6.37. The molecule has 2 aliphatic heterocycles. The summed E-state index contributed by atoms with van der Waals surface area (Å²) in [5.74, 6) is 1.45. The highest BCUT2D eigenvalue weighted by molar-refractivity contribution is 5.86. The summed E-state index contributed by atoms with van der Waals surface area (Å²) in [5, 5.41) is 0.979. The van der Waals surface area contributed by atoms with E-state index in [1.165, 1.54) is 25.1 Å². The Bertz CT molecular complexity index is 710. The third-order valence-corrected chi connectivity index (χ3v) is 5.37. The van der Waals surface area contributed by atoms with Gasteiger partial charge in [-0.15, -0.1) is 0 Å². The molecule has 1 aromatic heterocycles. The van der Waals surface area contributed by atoms with Crippen molar-refractivity contribution in [3.05, 3.63) is 24.5 Å². The SMILES string of the molecule is COc1ncnc2ccc(N3CCN(CC4CCOCC4)CC3)cc12. The van der Waals surface area contributed by atoms with Crippen molar-refractivity contribution < 1.29 is 9.47 Å². The molecule has 0 N–H and O–H groups in total. The first kappa shape index (κ1) is 16.5. The molecule has 6 heteroatoms. The first-order valence-electron chi connectivity index (χ1n) is 9.17. The Balaban J connectivity index is 1.41. The molecule has 2 fully saturated rings. The van der Waals surface area contributed by atoms with Crippen LogP contribution in [0.2, 0.25) is 0 Å². The number of piperazine rings is 1. The van der Waals surface area contributed by atoms with Gasteiger partial charge in [0, 0.05) is 51.6 Å². The molecular weight excluding hydrogens is 316 g/mol.